The average Bonchev–Trinajstić information content (AvgIpc) is 3.05. The molecule has 126 valence electrons. The second-order valence-electron chi connectivity index (χ2n) is 6.46. The molecule has 2 aliphatic rings. The fraction of sp³-hybridized carbons (Fsp3) is 0.529. The number of hydrogen-bond donors (Lipinski definition) is 2. The van der Waals surface area contributed by atoms with Crippen LogP contribution in [0.2, 0.25) is 0 Å². The Bertz CT molecular complexity index is 566. The van der Waals surface area contributed by atoms with E-state index in [9.17, 15) is 9.59 Å². The first-order chi connectivity index (χ1) is 10.6. The van der Waals surface area contributed by atoms with Crippen molar-refractivity contribution in [1.29, 1.82) is 0 Å². The molecule has 0 aromatic heterocycles. The van der Waals surface area contributed by atoms with Crippen molar-refractivity contribution in [3.05, 3.63) is 30.3 Å². The number of anilines is 1. The number of carbonyl (C=O) groups excluding carboxylic acids is 2. The topological polar surface area (TPSA) is 75.4 Å². The molecule has 5 nitrogen and oxygen atoms in total. The van der Waals surface area contributed by atoms with E-state index < -0.39 is 6.04 Å². The summed E-state index contributed by atoms with van der Waals surface area (Å²) in [7, 11) is 0. The van der Waals surface area contributed by atoms with Gasteiger partial charge in [-0.2, -0.15) is 0 Å². The van der Waals surface area contributed by atoms with Crippen LogP contribution in [-0.4, -0.2) is 29.9 Å². The molecule has 1 heterocycles. The second-order valence-corrected chi connectivity index (χ2v) is 6.46. The first-order valence-corrected chi connectivity index (χ1v) is 8.00. The molecule has 1 aromatic carbocycles. The predicted octanol–water partition coefficient (Wildman–Crippen LogP) is 1.85. The van der Waals surface area contributed by atoms with Crippen molar-refractivity contribution in [2.24, 2.45) is 11.7 Å². The summed E-state index contributed by atoms with van der Waals surface area (Å²) in [4.78, 5) is 26.7. The van der Waals surface area contributed by atoms with E-state index in [0.29, 0.717) is 6.42 Å². The lowest BCUT2D eigenvalue weighted by atomic mass is 10.1. The third kappa shape index (κ3) is 3.67. The number of nitrogens with two attached hydrogens (primary N) is 1. The molecule has 2 amide bonds. The largest absolute Gasteiger partial charge is 0.344 e. The molecule has 0 radical (unpaired) electrons. The Kier molecular flexibility index (Phi) is 5.65. The van der Waals surface area contributed by atoms with Gasteiger partial charge in [0.15, 0.2) is 0 Å². The van der Waals surface area contributed by atoms with E-state index in [-0.39, 0.29) is 42.2 Å². The Balaban J connectivity index is 0.00000192. The van der Waals surface area contributed by atoms with Gasteiger partial charge in [-0.05, 0) is 44.7 Å². The van der Waals surface area contributed by atoms with Crippen LogP contribution in [0.1, 0.15) is 32.6 Å². The highest BCUT2D eigenvalue weighted by Crippen LogP contribution is 2.28. The Morgan fingerprint density at radius 3 is 2.52 bits per heavy atom. The van der Waals surface area contributed by atoms with E-state index in [1.54, 1.807) is 4.90 Å². The third-order valence-corrected chi connectivity index (χ3v) is 4.75. The number of hydrogen-bond acceptors (Lipinski definition) is 3. The Hall–Kier alpha value is -1.59. The van der Waals surface area contributed by atoms with Gasteiger partial charge in [0.05, 0.1) is 0 Å². The number of nitrogens with zero attached hydrogens (tertiary/aromatic N) is 1. The van der Waals surface area contributed by atoms with Crippen LogP contribution in [-0.2, 0) is 9.59 Å². The van der Waals surface area contributed by atoms with Gasteiger partial charge in [-0.15, -0.1) is 12.4 Å². The maximum absolute atomic E-state index is 12.6. The molecule has 4 atom stereocenters. The van der Waals surface area contributed by atoms with Crippen molar-refractivity contribution < 1.29 is 9.59 Å². The predicted molar refractivity (Wildman–Crippen MR) is 92.5 cm³/mol. The van der Waals surface area contributed by atoms with Gasteiger partial charge in [0.1, 0.15) is 6.04 Å². The standard InChI is InChI=1S/C17H23N3O2.ClH/c1-11-9-15(19-16(21)12-7-8-13(18)10-12)17(22)20(11)14-5-3-2-4-6-14;/h2-6,11-13,15H,7-10,18H2,1H3,(H,19,21);1H. The molecule has 0 bridgehead atoms. The maximum Gasteiger partial charge on any atom is 0.249 e. The first kappa shape index (κ1) is 17.8. The highest BCUT2D eigenvalue weighted by molar-refractivity contribution is 6.02. The van der Waals surface area contributed by atoms with E-state index in [0.717, 1.165) is 24.9 Å². The minimum absolute atomic E-state index is 0. The van der Waals surface area contributed by atoms with Crippen LogP contribution in [0.25, 0.3) is 0 Å². The SMILES string of the molecule is CC1CC(NC(=O)C2CCC(N)C2)C(=O)N1c1ccccc1.Cl. The van der Waals surface area contributed by atoms with Crippen molar-refractivity contribution in [2.45, 2.75) is 50.7 Å². The van der Waals surface area contributed by atoms with Crippen molar-refractivity contribution in [2.75, 3.05) is 4.90 Å². The molecule has 2 fully saturated rings. The summed E-state index contributed by atoms with van der Waals surface area (Å²) in [5.41, 5.74) is 6.75. The van der Waals surface area contributed by atoms with Gasteiger partial charge in [-0.3, -0.25) is 9.59 Å². The Labute approximate surface area is 143 Å². The highest BCUT2D eigenvalue weighted by Gasteiger charge is 2.40. The van der Waals surface area contributed by atoms with Gasteiger partial charge in [0, 0.05) is 23.7 Å². The number of halogens is 1. The number of amides is 2. The summed E-state index contributed by atoms with van der Waals surface area (Å²) in [5, 5.41) is 2.94. The second kappa shape index (κ2) is 7.32. The van der Waals surface area contributed by atoms with Gasteiger partial charge in [-0.1, -0.05) is 18.2 Å². The van der Waals surface area contributed by atoms with Gasteiger partial charge < -0.3 is 16.0 Å². The van der Waals surface area contributed by atoms with E-state index in [1.807, 2.05) is 37.3 Å². The molecule has 3 rings (SSSR count). The van der Waals surface area contributed by atoms with Crippen molar-refractivity contribution >= 4 is 29.9 Å². The van der Waals surface area contributed by atoms with E-state index >= 15 is 0 Å². The molecule has 6 heteroatoms. The number of benzene rings is 1. The molecular weight excluding hydrogens is 314 g/mol. The zero-order chi connectivity index (χ0) is 15.7. The van der Waals surface area contributed by atoms with Crippen LogP contribution in [0.3, 0.4) is 0 Å². The summed E-state index contributed by atoms with van der Waals surface area (Å²) < 4.78 is 0. The molecule has 1 aliphatic heterocycles. The normalized spacial score (nSPS) is 30.2. The zero-order valence-corrected chi connectivity index (χ0v) is 14.1. The molecule has 3 N–H and O–H groups in total. The van der Waals surface area contributed by atoms with Gasteiger partial charge in [0.25, 0.3) is 0 Å². The van der Waals surface area contributed by atoms with Gasteiger partial charge >= 0.3 is 0 Å². The quantitative estimate of drug-likeness (QED) is 0.883. The molecule has 1 aromatic rings. The molecule has 4 unspecified atom stereocenters. The van der Waals surface area contributed by atoms with Gasteiger partial charge in [0.2, 0.25) is 11.8 Å². The monoisotopic (exact) mass is 337 g/mol. The minimum atomic E-state index is -0.417. The van der Waals surface area contributed by atoms with Crippen molar-refractivity contribution in [1.82, 2.24) is 5.32 Å². The Morgan fingerprint density at radius 1 is 1.22 bits per heavy atom. The van der Waals surface area contributed by atoms with Crippen LogP contribution < -0.4 is 16.0 Å². The van der Waals surface area contributed by atoms with Crippen LogP contribution in [0.15, 0.2) is 30.3 Å². The van der Waals surface area contributed by atoms with Crippen LogP contribution in [0.5, 0.6) is 0 Å². The maximum atomic E-state index is 12.6. The fourth-order valence-electron chi connectivity index (χ4n) is 3.57. The summed E-state index contributed by atoms with van der Waals surface area (Å²) in [6.07, 6.45) is 3.10. The number of carbonyl (C=O) groups is 2. The molecule has 1 aliphatic carbocycles. The molecule has 1 saturated carbocycles. The summed E-state index contributed by atoms with van der Waals surface area (Å²) in [6, 6.07) is 9.41. The van der Waals surface area contributed by atoms with Crippen molar-refractivity contribution in [3.8, 4) is 0 Å². The summed E-state index contributed by atoms with van der Waals surface area (Å²) >= 11 is 0. The highest BCUT2D eigenvalue weighted by atomic mass is 35.5. The Morgan fingerprint density at radius 2 is 1.91 bits per heavy atom. The van der Waals surface area contributed by atoms with Crippen LogP contribution in [0.4, 0.5) is 5.69 Å². The van der Waals surface area contributed by atoms with Crippen LogP contribution in [0, 0.1) is 5.92 Å². The van der Waals surface area contributed by atoms with E-state index in [1.165, 1.54) is 0 Å². The van der Waals surface area contributed by atoms with Crippen LogP contribution >= 0.6 is 12.4 Å². The lowest BCUT2D eigenvalue weighted by Crippen LogP contribution is -2.44. The summed E-state index contributed by atoms with van der Waals surface area (Å²) in [6.45, 7) is 2.02. The zero-order valence-electron chi connectivity index (χ0n) is 13.3. The van der Waals surface area contributed by atoms with E-state index in [2.05, 4.69) is 5.32 Å². The number of nitrogens with one attached hydrogen (secondary N) is 1. The third-order valence-electron chi connectivity index (χ3n) is 4.75. The smallest absolute Gasteiger partial charge is 0.249 e. The average molecular weight is 338 g/mol. The van der Waals surface area contributed by atoms with Gasteiger partial charge in [-0.25, -0.2) is 0 Å². The number of para-hydroxylation sites is 1. The lowest BCUT2D eigenvalue weighted by molar-refractivity contribution is -0.129. The molecule has 1 saturated heterocycles. The number of rotatable bonds is 3. The summed E-state index contributed by atoms with van der Waals surface area (Å²) in [5.74, 6) is -0.0772. The molecule has 0 spiro atoms. The van der Waals surface area contributed by atoms with E-state index in [4.69, 9.17) is 5.73 Å². The minimum Gasteiger partial charge on any atom is -0.344 e. The first-order valence-electron chi connectivity index (χ1n) is 8.00. The fourth-order valence-corrected chi connectivity index (χ4v) is 3.57. The molecule has 23 heavy (non-hydrogen) atoms. The lowest BCUT2D eigenvalue weighted by Gasteiger charge is -2.21. The molecular formula is C17H24ClN3O2. The van der Waals surface area contributed by atoms with Crippen molar-refractivity contribution in [3.63, 3.8) is 0 Å².